The Morgan fingerprint density at radius 1 is 1.60 bits per heavy atom. The molecule has 1 rings (SSSR count). The van der Waals surface area contributed by atoms with Gasteiger partial charge < -0.3 is 14.9 Å². The van der Waals surface area contributed by atoms with Crippen LogP contribution in [0.25, 0.3) is 0 Å². The molecule has 0 aromatic carbocycles. The van der Waals surface area contributed by atoms with E-state index in [1.807, 2.05) is 0 Å². The molecule has 6 heteroatoms. The van der Waals surface area contributed by atoms with Gasteiger partial charge in [0.05, 0.1) is 12.6 Å². The van der Waals surface area contributed by atoms with E-state index in [0.29, 0.717) is 0 Å². The summed E-state index contributed by atoms with van der Waals surface area (Å²) in [5, 5.41) is 18.1. The lowest BCUT2D eigenvalue weighted by Crippen LogP contribution is -2.40. The Kier molecular flexibility index (Phi) is 3.68. The first-order valence-electron chi connectivity index (χ1n) is 4.51. The second kappa shape index (κ2) is 4.79. The molecule has 0 radical (unpaired) electrons. The monoisotopic (exact) mass is 215 g/mol. The van der Waals surface area contributed by atoms with Gasteiger partial charge in [0.1, 0.15) is 12.6 Å². The van der Waals surface area contributed by atoms with E-state index in [0.717, 1.165) is 4.90 Å². The summed E-state index contributed by atoms with van der Waals surface area (Å²) >= 11 is 0. The number of hydrogen-bond donors (Lipinski definition) is 2. The van der Waals surface area contributed by atoms with Gasteiger partial charge in [0.15, 0.2) is 0 Å². The number of nitrogens with zero attached hydrogens (tertiary/aromatic N) is 1. The van der Waals surface area contributed by atoms with Crippen LogP contribution >= 0.6 is 0 Å². The van der Waals surface area contributed by atoms with Crippen molar-refractivity contribution in [1.82, 2.24) is 4.90 Å². The van der Waals surface area contributed by atoms with Crippen molar-refractivity contribution in [3.05, 3.63) is 12.7 Å². The zero-order valence-corrected chi connectivity index (χ0v) is 8.13. The molecule has 0 aliphatic carbocycles. The molecule has 1 heterocycles. The number of aliphatic hydroxyl groups excluding tert-OH is 1. The highest BCUT2D eigenvalue weighted by atomic mass is 16.6. The van der Waals surface area contributed by atoms with Gasteiger partial charge in [-0.3, -0.25) is 4.90 Å². The standard InChI is InChI=1S/C9H13NO5/c1-2-3-15-9(14)10-5-6(11)4-7(10)8(12)13/h2,6-7,11H,1,3-5H2,(H,12,13). The number of carboxylic acids is 1. The average Bonchev–Trinajstić information content (AvgIpc) is 2.57. The third kappa shape index (κ3) is 2.69. The van der Waals surface area contributed by atoms with Gasteiger partial charge in [-0.05, 0) is 0 Å². The summed E-state index contributed by atoms with van der Waals surface area (Å²) in [5.74, 6) is -1.14. The zero-order chi connectivity index (χ0) is 11.4. The highest BCUT2D eigenvalue weighted by molar-refractivity contribution is 5.80. The van der Waals surface area contributed by atoms with E-state index >= 15 is 0 Å². The van der Waals surface area contributed by atoms with Gasteiger partial charge in [-0.2, -0.15) is 0 Å². The second-order valence-electron chi connectivity index (χ2n) is 3.26. The van der Waals surface area contributed by atoms with Crippen LogP contribution in [0.15, 0.2) is 12.7 Å². The van der Waals surface area contributed by atoms with E-state index in [1.165, 1.54) is 6.08 Å². The molecule has 2 atom stereocenters. The molecule has 1 amide bonds. The highest BCUT2D eigenvalue weighted by Gasteiger charge is 2.39. The third-order valence-electron chi connectivity index (χ3n) is 2.12. The first-order valence-corrected chi connectivity index (χ1v) is 4.51. The number of aliphatic hydroxyl groups is 1. The molecule has 1 aliphatic rings. The normalized spacial score (nSPS) is 25.0. The number of β-amino-alcohol motifs (C(OH)–C–C–N with tert-alkyl or cyclic N) is 1. The van der Waals surface area contributed by atoms with Crippen molar-refractivity contribution in [3.63, 3.8) is 0 Å². The molecule has 1 saturated heterocycles. The molecule has 6 nitrogen and oxygen atoms in total. The van der Waals surface area contributed by atoms with Crippen LogP contribution < -0.4 is 0 Å². The molecular weight excluding hydrogens is 202 g/mol. The predicted molar refractivity (Wildman–Crippen MR) is 50.3 cm³/mol. The minimum absolute atomic E-state index is 0.00700. The van der Waals surface area contributed by atoms with Gasteiger partial charge in [0, 0.05) is 6.42 Å². The maximum Gasteiger partial charge on any atom is 0.410 e. The van der Waals surface area contributed by atoms with E-state index in [-0.39, 0.29) is 19.6 Å². The summed E-state index contributed by atoms with van der Waals surface area (Å²) in [4.78, 5) is 23.1. The molecule has 2 N–H and O–H groups in total. The zero-order valence-electron chi connectivity index (χ0n) is 8.13. The van der Waals surface area contributed by atoms with Crippen molar-refractivity contribution in [2.75, 3.05) is 13.2 Å². The van der Waals surface area contributed by atoms with Gasteiger partial charge in [-0.25, -0.2) is 9.59 Å². The van der Waals surface area contributed by atoms with Crippen LogP contribution in [-0.4, -0.2) is 52.5 Å². The molecule has 15 heavy (non-hydrogen) atoms. The Morgan fingerprint density at radius 3 is 2.80 bits per heavy atom. The summed E-state index contributed by atoms with van der Waals surface area (Å²) in [7, 11) is 0. The fourth-order valence-electron chi connectivity index (χ4n) is 1.46. The van der Waals surface area contributed by atoms with Gasteiger partial charge in [-0.1, -0.05) is 12.7 Å². The Labute approximate surface area is 86.7 Å². The lowest BCUT2D eigenvalue weighted by molar-refractivity contribution is -0.141. The van der Waals surface area contributed by atoms with Gasteiger partial charge in [-0.15, -0.1) is 0 Å². The van der Waals surface area contributed by atoms with Crippen LogP contribution in [-0.2, 0) is 9.53 Å². The van der Waals surface area contributed by atoms with E-state index in [9.17, 15) is 14.7 Å². The van der Waals surface area contributed by atoms with Crippen LogP contribution in [0.4, 0.5) is 4.79 Å². The largest absolute Gasteiger partial charge is 0.480 e. The molecule has 0 spiro atoms. The molecule has 2 unspecified atom stereocenters. The second-order valence-corrected chi connectivity index (χ2v) is 3.26. The molecule has 1 fully saturated rings. The Balaban J connectivity index is 2.62. The molecule has 0 aromatic heterocycles. The number of rotatable bonds is 3. The van der Waals surface area contributed by atoms with Crippen molar-refractivity contribution in [3.8, 4) is 0 Å². The molecular formula is C9H13NO5. The van der Waals surface area contributed by atoms with Crippen LogP contribution in [0.2, 0.25) is 0 Å². The summed E-state index contributed by atoms with van der Waals surface area (Å²) in [6.45, 7) is 3.39. The highest BCUT2D eigenvalue weighted by Crippen LogP contribution is 2.18. The maximum absolute atomic E-state index is 11.3. The van der Waals surface area contributed by atoms with Crippen molar-refractivity contribution in [1.29, 1.82) is 0 Å². The molecule has 1 aliphatic heterocycles. The number of carboxylic acid groups (broad SMARTS) is 1. The number of carbonyl (C=O) groups is 2. The molecule has 84 valence electrons. The van der Waals surface area contributed by atoms with Crippen molar-refractivity contribution in [2.45, 2.75) is 18.6 Å². The lowest BCUT2D eigenvalue weighted by atomic mass is 10.2. The maximum atomic E-state index is 11.3. The fraction of sp³-hybridized carbons (Fsp3) is 0.556. The van der Waals surface area contributed by atoms with Crippen LogP contribution in [0.1, 0.15) is 6.42 Å². The number of amides is 1. The van der Waals surface area contributed by atoms with E-state index < -0.39 is 24.2 Å². The minimum Gasteiger partial charge on any atom is -0.480 e. The molecule has 0 aromatic rings. The minimum atomic E-state index is -1.14. The lowest BCUT2D eigenvalue weighted by Gasteiger charge is -2.19. The Morgan fingerprint density at radius 2 is 2.27 bits per heavy atom. The molecule has 0 bridgehead atoms. The summed E-state index contributed by atoms with van der Waals surface area (Å²) in [6, 6.07) is -1.00. The number of aliphatic carboxylic acids is 1. The van der Waals surface area contributed by atoms with Crippen LogP contribution in [0.3, 0.4) is 0 Å². The van der Waals surface area contributed by atoms with E-state index in [2.05, 4.69) is 6.58 Å². The van der Waals surface area contributed by atoms with Crippen molar-refractivity contribution < 1.29 is 24.5 Å². The third-order valence-corrected chi connectivity index (χ3v) is 2.12. The first kappa shape index (κ1) is 11.5. The first-order chi connectivity index (χ1) is 7.06. The van der Waals surface area contributed by atoms with Crippen molar-refractivity contribution in [2.24, 2.45) is 0 Å². The quantitative estimate of drug-likeness (QED) is 0.638. The number of hydrogen-bond acceptors (Lipinski definition) is 4. The molecule has 0 saturated carbocycles. The summed E-state index contributed by atoms with van der Waals surface area (Å²) in [6.07, 6.45) is -0.111. The summed E-state index contributed by atoms with van der Waals surface area (Å²) < 4.78 is 4.70. The smallest absolute Gasteiger partial charge is 0.410 e. The average molecular weight is 215 g/mol. The van der Waals surface area contributed by atoms with Crippen LogP contribution in [0.5, 0.6) is 0 Å². The Hall–Kier alpha value is -1.56. The van der Waals surface area contributed by atoms with Crippen molar-refractivity contribution >= 4 is 12.1 Å². The van der Waals surface area contributed by atoms with Gasteiger partial charge >= 0.3 is 12.1 Å². The summed E-state index contributed by atoms with van der Waals surface area (Å²) in [5.41, 5.74) is 0. The number of ether oxygens (including phenoxy) is 1. The SMILES string of the molecule is C=CCOC(=O)N1CC(O)CC1C(=O)O. The number of likely N-dealkylation sites (tertiary alicyclic amines) is 1. The van der Waals surface area contributed by atoms with Gasteiger partial charge in [0.25, 0.3) is 0 Å². The number of carbonyl (C=O) groups excluding carboxylic acids is 1. The Bertz CT molecular complexity index is 278. The van der Waals surface area contributed by atoms with E-state index in [1.54, 1.807) is 0 Å². The van der Waals surface area contributed by atoms with E-state index in [4.69, 9.17) is 9.84 Å². The predicted octanol–water partition coefficient (Wildman–Crippen LogP) is -0.171. The fourth-order valence-corrected chi connectivity index (χ4v) is 1.46. The van der Waals surface area contributed by atoms with Crippen LogP contribution in [0, 0.1) is 0 Å². The topological polar surface area (TPSA) is 87.1 Å². The van der Waals surface area contributed by atoms with Gasteiger partial charge in [0.2, 0.25) is 0 Å².